The lowest BCUT2D eigenvalue weighted by atomic mass is 9.98. The highest BCUT2D eigenvalue weighted by Gasteiger charge is 2.20. The molecule has 7 nitrogen and oxygen atoms in total. The molecular weight excluding hydrogens is 410 g/mol. The SMILES string of the molecule is COc1ccc(C(=O)c2ccccc2C(=O)OCC(=O)Nc2ccc(C(C)=O)cc2)cc1. The molecule has 0 saturated carbocycles. The Morgan fingerprint density at radius 3 is 1.97 bits per heavy atom. The fourth-order valence-electron chi connectivity index (χ4n) is 2.95. The van der Waals surface area contributed by atoms with Crippen LogP contribution in [0, 0.1) is 0 Å². The third-order valence-corrected chi connectivity index (χ3v) is 4.65. The molecule has 0 aromatic heterocycles. The number of amides is 1. The first kappa shape index (κ1) is 22.4. The molecule has 7 heteroatoms. The van der Waals surface area contributed by atoms with E-state index in [0.29, 0.717) is 22.6 Å². The summed E-state index contributed by atoms with van der Waals surface area (Å²) >= 11 is 0. The molecule has 0 unspecified atom stereocenters. The fraction of sp³-hybridized carbons (Fsp3) is 0.120. The quantitative estimate of drug-likeness (QED) is 0.429. The second-order valence-electron chi connectivity index (χ2n) is 6.86. The third kappa shape index (κ3) is 5.46. The average molecular weight is 431 g/mol. The summed E-state index contributed by atoms with van der Waals surface area (Å²) in [6.07, 6.45) is 0. The van der Waals surface area contributed by atoms with Crippen LogP contribution < -0.4 is 10.1 Å². The van der Waals surface area contributed by atoms with Crippen LogP contribution in [0.15, 0.2) is 72.8 Å². The summed E-state index contributed by atoms with van der Waals surface area (Å²) in [5.74, 6) is -1.16. The van der Waals surface area contributed by atoms with E-state index in [-0.39, 0.29) is 22.7 Å². The highest BCUT2D eigenvalue weighted by Crippen LogP contribution is 2.18. The van der Waals surface area contributed by atoms with Crippen LogP contribution in [0.4, 0.5) is 5.69 Å². The summed E-state index contributed by atoms with van der Waals surface area (Å²) < 4.78 is 10.2. The van der Waals surface area contributed by atoms with E-state index in [9.17, 15) is 19.2 Å². The van der Waals surface area contributed by atoms with Crippen LogP contribution in [-0.2, 0) is 9.53 Å². The van der Waals surface area contributed by atoms with E-state index in [1.54, 1.807) is 60.7 Å². The number of hydrogen-bond acceptors (Lipinski definition) is 6. The van der Waals surface area contributed by atoms with Crippen LogP contribution in [0.3, 0.4) is 0 Å². The van der Waals surface area contributed by atoms with Gasteiger partial charge in [-0.05, 0) is 61.5 Å². The Morgan fingerprint density at radius 2 is 1.38 bits per heavy atom. The number of benzene rings is 3. The van der Waals surface area contributed by atoms with E-state index in [1.165, 1.54) is 26.2 Å². The number of Topliss-reactive ketones (excluding diaryl/α,β-unsaturated/α-hetero) is 1. The molecule has 1 N–H and O–H groups in total. The van der Waals surface area contributed by atoms with E-state index >= 15 is 0 Å². The van der Waals surface area contributed by atoms with Crippen molar-refractivity contribution in [3.05, 3.63) is 95.1 Å². The molecular formula is C25H21NO6. The topological polar surface area (TPSA) is 98.8 Å². The zero-order valence-electron chi connectivity index (χ0n) is 17.6. The van der Waals surface area contributed by atoms with Crippen molar-refractivity contribution in [3.8, 4) is 5.75 Å². The van der Waals surface area contributed by atoms with Gasteiger partial charge in [0.05, 0.1) is 12.7 Å². The van der Waals surface area contributed by atoms with Gasteiger partial charge >= 0.3 is 5.97 Å². The number of anilines is 1. The number of nitrogens with one attached hydrogen (secondary N) is 1. The Morgan fingerprint density at radius 1 is 0.781 bits per heavy atom. The number of carbonyl (C=O) groups excluding carboxylic acids is 4. The lowest BCUT2D eigenvalue weighted by Crippen LogP contribution is -2.22. The standard InChI is InChI=1S/C25H21NO6/c1-16(27)17-7-11-19(12-8-17)26-23(28)15-32-25(30)22-6-4-3-5-21(22)24(29)18-9-13-20(31-2)14-10-18/h3-14H,15H2,1-2H3,(H,26,28). The second-order valence-corrected chi connectivity index (χ2v) is 6.86. The van der Waals surface area contributed by atoms with Crippen LogP contribution in [0.1, 0.15) is 43.6 Å². The van der Waals surface area contributed by atoms with Crippen LogP contribution >= 0.6 is 0 Å². The molecule has 0 saturated heterocycles. The highest BCUT2D eigenvalue weighted by atomic mass is 16.5. The number of rotatable bonds is 8. The summed E-state index contributed by atoms with van der Waals surface area (Å²) in [6.45, 7) is 0.919. The monoisotopic (exact) mass is 431 g/mol. The summed E-state index contributed by atoms with van der Waals surface area (Å²) in [5.41, 5.74) is 1.60. The smallest absolute Gasteiger partial charge is 0.339 e. The summed E-state index contributed by atoms with van der Waals surface area (Å²) in [7, 11) is 1.53. The zero-order chi connectivity index (χ0) is 23.1. The molecule has 0 aliphatic rings. The number of ketones is 2. The van der Waals surface area contributed by atoms with Crippen molar-refractivity contribution in [1.29, 1.82) is 0 Å². The lowest BCUT2D eigenvalue weighted by molar-refractivity contribution is -0.119. The van der Waals surface area contributed by atoms with E-state index in [1.807, 2.05) is 0 Å². The predicted octanol–water partition coefficient (Wildman–Crippen LogP) is 3.92. The van der Waals surface area contributed by atoms with Gasteiger partial charge in [-0.2, -0.15) is 0 Å². The second kappa shape index (κ2) is 10.2. The molecule has 0 bridgehead atoms. The van der Waals surface area contributed by atoms with Gasteiger partial charge in [0.25, 0.3) is 5.91 Å². The molecule has 162 valence electrons. The van der Waals surface area contributed by atoms with Gasteiger partial charge in [-0.25, -0.2) is 4.79 Å². The van der Waals surface area contributed by atoms with Crippen molar-refractivity contribution >= 4 is 29.1 Å². The molecule has 32 heavy (non-hydrogen) atoms. The molecule has 3 aromatic rings. The number of ether oxygens (including phenoxy) is 2. The maximum atomic E-state index is 12.9. The van der Waals surface area contributed by atoms with Crippen molar-refractivity contribution in [3.63, 3.8) is 0 Å². The lowest BCUT2D eigenvalue weighted by Gasteiger charge is -2.10. The Balaban J connectivity index is 1.65. The van der Waals surface area contributed by atoms with Crippen molar-refractivity contribution in [2.45, 2.75) is 6.92 Å². The highest BCUT2D eigenvalue weighted by molar-refractivity contribution is 6.14. The fourth-order valence-corrected chi connectivity index (χ4v) is 2.95. The molecule has 0 atom stereocenters. The van der Waals surface area contributed by atoms with Crippen LogP contribution in [0.2, 0.25) is 0 Å². The molecule has 0 heterocycles. The van der Waals surface area contributed by atoms with Gasteiger partial charge in [-0.3, -0.25) is 14.4 Å². The van der Waals surface area contributed by atoms with Crippen molar-refractivity contribution < 1.29 is 28.7 Å². The first-order valence-corrected chi connectivity index (χ1v) is 9.75. The summed E-state index contributed by atoms with van der Waals surface area (Å²) in [5, 5.41) is 2.58. The first-order chi connectivity index (χ1) is 15.4. The minimum atomic E-state index is -0.787. The molecule has 0 fully saturated rings. The molecule has 0 radical (unpaired) electrons. The average Bonchev–Trinajstić information content (AvgIpc) is 2.82. The Kier molecular flexibility index (Phi) is 7.13. The van der Waals surface area contributed by atoms with Crippen LogP contribution in [0.5, 0.6) is 5.75 Å². The van der Waals surface area contributed by atoms with Gasteiger partial charge in [0.15, 0.2) is 18.2 Å². The van der Waals surface area contributed by atoms with Gasteiger partial charge < -0.3 is 14.8 Å². The van der Waals surface area contributed by atoms with Crippen LogP contribution in [-0.4, -0.2) is 37.2 Å². The largest absolute Gasteiger partial charge is 0.497 e. The van der Waals surface area contributed by atoms with E-state index in [4.69, 9.17) is 9.47 Å². The molecule has 3 aromatic carbocycles. The van der Waals surface area contributed by atoms with E-state index in [2.05, 4.69) is 5.32 Å². The first-order valence-electron chi connectivity index (χ1n) is 9.75. The minimum absolute atomic E-state index is 0.0620. The number of esters is 1. The van der Waals surface area contributed by atoms with Gasteiger partial charge in [-0.15, -0.1) is 0 Å². The Hall–Kier alpha value is -4.26. The Bertz CT molecular complexity index is 1150. The Labute approximate surface area is 185 Å². The zero-order valence-corrected chi connectivity index (χ0v) is 17.6. The maximum Gasteiger partial charge on any atom is 0.339 e. The van der Waals surface area contributed by atoms with E-state index in [0.717, 1.165) is 0 Å². The van der Waals surface area contributed by atoms with Crippen molar-refractivity contribution in [2.75, 3.05) is 19.0 Å². The minimum Gasteiger partial charge on any atom is -0.497 e. The summed E-state index contributed by atoms with van der Waals surface area (Å²) in [4.78, 5) is 48.9. The molecule has 0 aliphatic heterocycles. The van der Waals surface area contributed by atoms with Gasteiger partial charge in [-0.1, -0.05) is 18.2 Å². The number of carbonyl (C=O) groups is 4. The molecule has 3 rings (SSSR count). The van der Waals surface area contributed by atoms with Crippen LogP contribution in [0.25, 0.3) is 0 Å². The normalized spacial score (nSPS) is 10.2. The van der Waals surface area contributed by atoms with Gasteiger partial charge in [0.2, 0.25) is 0 Å². The number of hydrogen-bond donors (Lipinski definition) is 1. The molecule has 0 aliphatic carbocycles. The van der Waals surface area contributed by atoms with Crippen molar-refractivity contribution in [2.24, 2.45) is 0 Å². The number of methoxy groups -OCH3 is 1. The van der Waals surface area contributed by atoms with Gasteiger partial charge in [0.1, 0.15) is 5.75 Å². The predicted molar refractivity (Wildman–Crippen MR) is 118 cm³/mol. The maximum absolute atomic E-state index is 12.9. The van der Waals surface area contributed by atoms with Gasteiger partial charge in [0, 0.05) is 22.4 Å². The molecule has 1 amide bonds. The van der Waals surface area contributed by atoms with Crippen molar-refractivity contribution in [1.82, 2.24) is 0 Å². The molecule has 0 spiro atoms. The third-order valence-electron chi connectivity index (χ3n) is 4.65. The summed E-state index contributed by atoms with van der Waals surface area (Å²) in [6, 6.07) is 19.1. The van der Waals surface area contributed by atoms with E-state index < -0.39 is 18.5 Å².